The number of methoxy groups -OCH3 is 1. The van der Waals surface area contributed by atoms with Crippen LogP contribution in [0.15, 0.2) is 64.8 Å². The van der Waals surface area contributed by atoms with Crippen molar-refractivity contribution in [3.63, 3.8) is 0 Å². The summed E-state index contributed by atoms with van der Waals surface area (Å²) in [6, 6.07) is 9.88. The molecular formula is C22H19F2N5O3S. The number of ether oxygens (including phenoxy) is 1. The Morgan fingerprint density at radius 2 is 1.97 bits per heavy atom. The molecule has 0 saturated carbocycles. The van der Waals surface area contributed by atoms with Crippen molar-refractivity contribution in [2.75, 3.05) is 12.4 Å². The smallest absolute Gasteiger partial charge is 0.300 e. The number of halogens is 2. The van der Waals surface area contributed by atoms with Gasteiger partial charge in [-0.25, -0.2) is 8.78 Å². The molecule has 170 valence electrons. The number of fused-ring (bicyclic) bond motifs is 1. The minimum Gasteiger partial charge on any atom is -0.495 e. The molecule has 11 heteroatoms. The Morgan fingerprint density at radius 3 is 2.73 bits per heavy atom. The number of amides is 1. The Bertz CT molecular complexity index is 1390. The minimum absolute atomic E-state index is 0.0670. The fourth-order valence-electron chi connectivity index (χ4n) is 3.22. The third-order valence-electron chi connectivity index (χ3n) is 4.88. The molecule has 4 rings (SSSR count). The number of nitrogens with zero attached hydrogens (tertiary/aromatic N) is 4. The molecule has 0 aliphatic carbocycles. The highest BCUT2D eigenvalue weighted by molar-refractivity contribution is 8.00. The van der Waals surface area contributed by atoms with Crippen molar-refractivity contribution in [2.45, 2.75) is 23.8 Å². The molecule has 0 saturated heterocycles. The van der Waals surface area contributed by atoms with Gasteiger partial charge in [0.2, 0.25) is 11.6 Å². The van der Waals surface area contributed by atoms with Gasteiger partial charge in [-0.3, -0.25) is 18.6 Å². The monoisotopic (exact) mass is 471 g/mol. The number of anilines is 1. The average Bonchev–Trinajstić information content (AvgIpc) is 3.23. The lowest BCUT2D eigenvalue weighted by Crippen LogP contribution is -2.25. The van der Waals surface area contributed by atoms with Crippen molar-refractivity contribution in [2.24, 2.45) is 0 Å². The van der Waals surface area contributed by atoms with Crippen LogP contribution in [0.2, 0.25) is 0 Å². The van der Waals surface area contributed by atoms with E-state index < -0.39 is 28.4 Å². The first-order valence-electron chi connectivity index (χ1n) is 9.95. The summed E-state index contributed by atoms with van der Waals surface area (Å²) in [5.74, 6) is -1.41. The number of nitrogens with one attached hydrogen (secondary N) is 1. The number of aromatic nitrogens is 4. The zero-order valence-electron chi connectivity index (χ0n) is 17.7. The summed E-state index contributed by atoms with van der Waals surface area (Å²) in [6.07, 6.45) is 3.55. The summed E-state index contributed by atoms with van der Waals surface area (Å²) in [6.45, 7) is 1.77. The SMILES string of the molecule is CCC(Sc1nnc2c(=O)n(-c3ccccc3OC)ccn12)C(=O)Nc1cc(F)ccc1F. The summed E-state index contributed by atoms with van der Waals surface area (Å²) in [5.41, 5.74) is -0.0458. The van der Waals surface area contributed by atoms with Gasteiger partial charge in [-0.15, -0.1) is 10.2 Å². The first-order valence-corrected chi connectivity index (χ1v) is 10.8. The molecule has 1 N–H and O–H groups in total. The molecular weight excluding hydrogens is 452 g/mol. The molecule has 1 atom stereocenters. The Labute approximate surface area is 191 Å². The van der Waals surface area contributed by atoms with Crippen molar-refractivity contribution in [1.82, 2.24) is 19.2 Å². The average molecular weight is 471 g/mol. The molecule has 0 spiro atoms. The normalized spacial score (nSPS) is 12.0. The van der Waals surface area contributed by atoms with E-state index in [1.807, 2.05) is 0 Å². The van der Waals surface area contributed by atoms with E-state index in [9.17, 15) is 18.4 Å². The van der Waals surface area contributed by atoms with Gasteiger partial charge >= 0.3 is 5.56 Å². The van der Waals surface area contributed by atoms with E-state index in [2.05, 4.69) is 15.5 Å². The maximum atomic E-state index is 13.9. The third kappa shape index (κ3) is 4.44. The van der Waals surface area contributed by atoms with Crippen LogP contribution in [0, 0.1) is 11.6 Å². The summed E-state index contributed by atoms with van der Waals surface area (Å²) in [7, 11) is 1.51. The Hall–Kier alpha value is -3.73. The second-order valence-corrected chi connectivity index (χ2v) is 8.12. The number of hydrogen-bond donors (Lipinski definition) is 1. The summed E-state index contributed by atoms with van der Waals surface area (Å²) in [4.78, 5) is 25.7. The van der Waals surface area contributed by atoms with Gasteiger partial charge in [0.15, 0.2) is 5.16 Å². The van der Waals surface area contributed by atoms with Crippen LogP contribution in [0.25, 0.3) is 11.3 Å². The summed E-state index contributed by atoms with van der Waals surface area (Å²) < 4.78 is 35.5. The van der Waals surface area contributed by atoms with Crippen LogP contribution >= 0.6 is 11.8 Å². The molecule has 2 heterocycles. The molecule has 4 aromatic rings. The molecule has 1 amide bonds. The zero-order valence-corrected chi connectivity index (χ0v) is 18.5. The summed E-state index contributed by atoms with van der Waals surface area (Å²) >= 11 is 1.07. The molecule has 2 aromatic carbocycles. The van der Waals surface area contributed by atoms with Crippen LogP contribution in [0.1, 0.15) is 13.3 Å². The molecule has 0 aliphatic rings. The highest BCUT2D eigenvalue weighted by Gasteiger charge is 2.23. The van der Waals surface area contributed by atoms with Crippen molar-refractivity contribution < 1.29 is 18.3 Å². The lowest BCUT2D eigenvalue weighted by molar-refractivity contribution is -0.115. The predicted molar refractivity (Wildman–Crippen MR) is 120 cm³/mol. The number of para-hydroxylation sites is 2. The van der Waals surface area contributed by atoms with Crippen LogP contribution in [0.3, 0.4) is 0 Å². The number of rotatable bonds is 7. The van der Waals surface area contributed by atoms with E-state index in [1.54, 1.807) is 43.6 Å². The molecule has 2 aromatic heterocycles. The summed E-state index contributed by atoms with van der Waals surface area (Å²) in [5, 5.41) is 10.1. The molecule has 0 bridgehead atoms. The van der Waals surface area contributed by atoms with Crippen LogP contribution in [0.4, 0.5) is 14.5 Å². The minimum atomic E-state index is -0.741. The molecule has 1 unspecified atom stereocenters. The second kappa shape index (κ2) is 9.41. The van der Waals surface area contributed by atoms with Gasteiger partial charge in [-0.1, -0.05) is 30.8 Å². The third-order valence-corrected chi connectivity index (χ3v) is 6.20. The van der Waals surface area contributed by atoms with Crippen LogP contribution in [-0.4, -0.2) is 37.4 Å². The number of thioether (sulfide) groups is 1. The Balaban J connectivity index is 1.62. The standard InChI is InChI=1S/C22H19F2N5O3S/c1-3-18(20(30)25-15-12-13(23)8-9-14(15)24)33-22-27-26-19-21(31)28(10-11-29(19)22)16-6-4-5-7-17(16)32-2/h4-12,18H,3H2,1-2H3,(H,25,30). The van der Waals surface area contributed by atoms with Crippen molar-refractivity contribution in [3.8, 4) is 11.4 Å². The molecule has 33 heavy (non-hydrogen) atoms. The first kappa shape index (κ1) is 22.5. The van der Waals surface area contributed by atoms with Crippen molar-refractivity contribution in [3.05, 3.63) is 76.8 Å². The quantitative estimate of drug-likeness (QED) is 0.414. The maximum absolute atomic E-state index is 13.9. The molecule has 0 fully saturated rings. The van der Waals surface area contributed by atoms with E-state index in [0.717, 1.165) is 30.0 Å². The maximum Gasteiger partial charge on any atom is 0.300 e. The largest absolute Gasteiger partial charge is 0.495 e. The van der Waals surface area contributed by atoms with Gasteiger partial charge in [0.05, 0.1) is 23.7 Å². The fraction of sp³-hybridized carbons (Fsp3) is 0.182. The van der Waals surface area contributed by atoms with Gasteiger partial charge in [-0.2, -0.15) is 0 Å². The number of carbonyl (C=O) groups excluding carboxylic acids is 1. The van der Waals surface area contributed by atoms with E-state index in [1.165, 1.54) is 16.1 Å². The number of hydrogen-bond acceptors (Lipinski definition) is 6. The molecule has 8 nitrogen and oxygen atoms in total. The first-order chi connectivity index (χ1) is 15.9. The van der Waals surface area contributed by atoms with E-state index in [-0.39, 0.29) is 11.3 Å². The van der Waals surface area contributed by atoms with E-state index >= 15 is 0 Å². The molecule has 0 aliphatic heterocycles. The van der Waals surface area contributed by atoms with E-state index in [0.29, 0.717) is 23.0 Å². The highest BCUT2D eigenvalue weighted by Crippen LogP contribution is 2.26. The van der Waals surface area contributed by atoms with Gasteiger partial charge in [0.25, 0.3) is 0 Å². The fourth-order valence-corrected chi connectivity index (χ4v) is 4.16. The van der Waals surface area contributed by atoms with E-state index in [4.69, 9.17) is 4.74 Å². The lowest BCUT2D eigenvalue weighted by Gasteiger charge is -2.14. The van der Waals surface area contributed by atoms with Crippen molar-refractivity contribution >= 4 is 29.0 Å². The van der Waals surface area contributed by atoms with Crippen LogP contribution < -0.4 is 15.6 Å². The molecule has 0 radical (unpaired) electrons. The van der Waals surface area contributed by atoms with Crippen LogP contribution in [-0.2, 0) is 4.79 Å². The topological polar surface area (TPSA) is 90.5 Å². The van der Waals surface area contributed by atoms with Gasteiger partial charge in [0, 0.05) is 18.5 Å². The second-order valence-electron chi connectivity index (χ2n) is 6.95. The van der Waals surface area contributed by atoms with Crippen LogP contribution in [0.5, 0.6) is 5.75 Å². The number of carbonyl (C=O) groups is 1. The van der Waals surface area contributed by atoms with Gasteiger partial charge < -0.3 is 10.1 Å². The Morgan fingerprint density at radius 1 is 1.18 bits per heavy atom. The lowest BCUT2D eigenvalue weighted by atomic mass is 10.2. The Kier molecular flexibility index (Phi) is 6.40. The number of benzene rings is 2. The highest BCUT2D eigenvalue weighted by atomic mass is 32.2. The zero-order chi connectivity index (χ0) is 23.5. The predicted octanol–water partition coefficient (Wildman–Crippen LogP) is 3.68. The van der Waals surface area contributed by atoms with Gasteiger partial charge in [-0.05, 0) is 30.7 Å². The van der Waals surface area contributed by atoms with Gasteiger partial charge in [0.1, 0.15) is 17.4 Å². The van der Waals surface area contributed by atoms with Crippen molar-refractivity contribution in [1.29, 1.82) is 0 Å².